The van der Waals surface area contributed by atoms with E-state index in [1.54, 1.807) is 14.0 Å². The highest BCUT2D eigenvalue weighted by Gasteiger charge is 2.14. The van der Waals surface area contributed by atoms with Crippen molar-refractivity contribution in [1.82, 2.24) is 10.6 Å². The Morgan fingerprint density at radius 3 is 2.78 bits per heavy atom. The lowest BCUT2D eigenvalue weighted by Gasteiger charge is -2.16. The molecule has 0 spiro atoms. The fourth-order valence-electron chi connectivity index (χ4n) is 1.61. The molecule has 0 radical (unpaired) electrons. The molecule has 0 aliphatic rings. The van der Waals surface area contributed by atoms with Gasteiger partial charge in [-0.15, -0.1) is 0 Å². The molecule has 1 atom stereocenters. The summed E-state index contributed by atoms with van der Waals surface area (Å²) >= 11 is 0. The van der Waals surface area contributed by atoms with E-state index in [9.17, 15) is 4.79 Å². The lowest BCUT2D eigenvalue weighted by Crippen LogP contribution is -2.34. The van der Waals surface area contributed by atoms with E-state index in [1.165, 1.54) is 0 Å². The van der Waals surface area contributed by atoms with Gasteiger partial charge >= 0.3 is 0 Å². The van der Waals surface area contributed by atoms with E-state index >= 15 is 0 Å². The summed E-state index contributed by atoms with van der Waals surface area (Å²) < 4.78 is 5.68. The summed E-state index contributed by atoms with van der Waals surface area (Å²) in [5, 5.41) is 5.90. The average Bonchev–Trinajstić information content (AvgIpc) is 2.40. The van der Waals surface area contributed by atoms with E-state index < -0.39 is 6.10 Å². The molecule has 4 heteroatoms. The van der Waals surface area contributed by atoms with Crippen molar-refractivity contribution < 1.29 is 9.53 Å². The Morgan fingerprint density at radius 2 is 2.11 bits per heavy atom. The molecule has 0 saturated heterocycles. The summed E-state index contributed by atoms with van der Waals surface area (Å²) in [5.41, 5.74) is 1.07. The van der Waals surface area contributed by atoms with Gasteiger partial charge in [0.25, 0.3) is 5.91 Å². The second-order valence-corrected chi connectivity index (χ2v) is 4.16. The number of nitrogens with one attached hydrogen (secondary N) is 2. The summed E-state index contributed by atoms with van der Waals surface area (Å²) in [5.74, 6) is 0.642. The van der Waals surface area contributed by atoms with Gasteiger partial charge in [0.2, 0.25) is 0 Å². The number of amides is 1. The van der Waals surface area contributed by atoms with Crippen LogP contribution in [0.5, 0.6) is 5.75 Å². The van der Waals surface area contributed by atoms with Gasteiger partial charge in [0.05, 0.1) is 0 Å². The Kier molecular flexibility index (Phi) is 6.22. The highest BCUT2D eigenvalue weighted by molar-refractivity contribution is 5.80. The number of benzene rings is 1. The van der Waals surface area contributed by atoms with E-state index in [0.29, 0.717) is 0 Å². The lowest BCUT2D eigenvalue weighted by molar-refractivity contribution is -0.126. The molecule has 1 rings (SSSR count). The standard InChI is InChI=1S/C14H22N2O2/c1-4-9-16-10-12-7-5-6-8-13(12)18-11(2)14(17)15-3/h5-8,11,16H,4,9-10H2,1-3H3,(H,15,17). The molecule has 18 heavy (non-hydrogen) atoms. The summed E-state index contributed by atoms with van der Waals surface area (Å²) in [6.07, 6.45) is 0.611. The maximum Gasteiger partial charge on any atom is 0.260 e. The third-order valence-corrected chi connectivity index (χ3v) is 2.63. The van der Waals surface area contributed by atoms with Crippen LogP contribution in [0.3, 0.4) is 0 Å². The number of likely N-dealkylation sites (N-methyl/N-ethyl adjacent to an activating group) is 1. The highest BCUT2D eigenvalue weighted by atomic mass is 16.5. The molecule has 4 nitrogen and oxygen atoms in total. The number of carbonyl (C=O) groups excluding carboxylic acids is 1. The molecule has 0 saturated carbocycles. The largest absolute Gasteiger partial charge is 0.481 e. The van der Waals surface area contributed by atoms with Crippen LogP contribution in [0.4, 0.5) is 0 Å². The molecule has 2 N–H and O–H groups in total. The molecule has 0 fully saturated rings. The van der Waals surface area contributed by atoms with Crippen molar-refractivity contribution in [3.8, 4) is 5.75 Å². The van der Waals surface area contributed by atoms with Gasteiger partial charge in [0.15, 0.2) is 6.10 Å². The van der Waals surface area contributed by atoms with Crippen LogP contribution in [-0.4, -0.2) is 25.6 Å². The van der Waals surface area contributed by atoms with Crippen LogP contribution in [0.15, 0.2) is 24.3 Å². The first kappa shape index (κ1) is 14.5. The Balaban J connectivity index is 2.66. The first-order valence-electron chi connectivity index (χ1n) is 6.36. The zero-order chi connectivity index (χ0) is 13.4. The maximum absolute atomic E-state index is 11.4. The highest BCUT2D eigenvalue weighted by Crippen LogP contribution is 2.19. The summed E-state index contributed by atoms with van der Waals surface area (Å²) in [4.78, 5) is 11.4. The number of ether oxygens (including phenoxy) is 1. The summed E-state index contributed by atoms with van der Waals surface area (Å²) in [6, 6.07) is 7.78. The fourth-order valence-corrected chi connectivity index (χ4v) is 1.61. The molecule has 0 aliphatic carbocycles. The Hall–Kier alpha value is -1.55. The van der Waals surface area contributed by atoms with Crippen LogP contribution in [0.2, 0.25) is 0 Å². The van der Waals surface area contributed by atoms with Crippen molar-refractivity contribution in [2.45, 2.75) is 32.9 Å². The van der Waals surface area contributed by atoms with Gasteiger partial charge in [0, 0.05) is 19.2 Å². The molecule has 1 aromatic carbocycles. The molecule has 1 amide bonds. The number of hydrogen-bond donors (Lipinski definition) is 2. The summed E-state index contributed by atoms with van der Waals surface area (Å²) in [7, 11) is 1.61. The lowest BCUT2D eigenvalue weighted by atomic mass is 10.2. The second kappa shape index (κ2) is 7.71. The van der Waals surface area contributed by atoms with Gasteiger partial charge in [-0.05, 0) is 26.0 Å². The van der Waals surface area contributed by atoms with Crippen LogP contribution in [0.25, 0.3) is 0 Å². The topological polar surface area (TPSA) is 50.4 Å². The van der Waals surface area contributed by atoms with Gasteiger partial charge in [-0.2, -0.15) is 0 Å². The van der Waals surface area contributed by atoms with Crippen molar-refractivity contribution in [2.24, 2.45) is 0 Å². The third kappa shape index (κ3) is 4.37. The Morgan fingerprint density at radius 1 is 1.39 bits per heavy atom. The van der Waals surface area contributed by atoms with Crippen LogP contribution in [0.1, 0.15) is 25.8 Å². The minimum Gasteiger partial charge on any atom is -0.481 e. The molecule has 1 aromatic rings. The number of carbonyl (C=O) groups is 1. The van der Waals surface area contributed by atoms with Gasteiger partial charge < -0.3 is 15.4 Å². The fraction of sp³-hybridized carbons (Fsp3) is 0.500. The van der Waals surface area contributed by atoms with Crippen LogP contribution >= 0.6 is 0 Å². The third-order valence-electron chi connectivity index (χ3n) is 2.63. The zero-order valence-corrected chi connectivity index (χ0v) is 11.3. The van der Waals surface area contributed by atoms with Crippen LogP contribution in [0, 0.1) is 0 Å². The molecular weight excluding hydrogens is 228 g/mol. The predicted octanol–water partition coefficient (Wildman–Crippen LogP) is 1.70. The molecule has 0 aliphatic heterocycles. The first-order chi connectivity index (χ1) is 8.69. The molecule has 100 valence electrons. The van der Waals surface area contributed by atoms with Crippen molar-refractivity contribution in [1.29, 1.82) is 0 Å². The molecule has 0 heterocycles. The maximum atomic E-state index is 11.4. The van der Waals surface area contributed by atoms with E-state index in [4.69, 9.17) is 4.74 Å². The molecular formula is C14H22N2O2. The normalized spacial score (nSPS) is 11.9. The predicted molar refractivity (Wildman–Crippen MR) is 72.6 cm³/mol. The number of para-hydroxylation sites is 1. The molecule has 0 bridgehead atoms. The Bertz CT molecular complexity index is 380. The van der Waals surface area contributed by atoms with Crippen molar-refractivity contribution in [2.75, 3.05) is 13.6 Å². The van der Waals surface area contributed by atoms with Gasteiger partial charge in [-0.25, -0.2) is 0 Å². The summed E-state index contributed by atoms with van der Waals surface area (Å²) in [6.45, 7) is 5.60. The minimum atomic E-state index is -0.484. The monoisotopic (exact) mass is 250 g/mol. The number of rotatable bonds is 7. The smallest absolute Gasteiger partial charge is 0.260 e. The SMILES string of the molecule is CCCNCc1ccccc1OC(C)C(=O)NC. The quantitative estimate of drug-likeness (QED) is 0.724. The van der Waals surface area contributed by atoms with Crippen LogP contribution < -0.4 is 15.4 Å². The van der Waals surface area contributed by atoms with Crippen molar-refractivity contribution in [3.05, 3.63) is 29.8 Å². The van der Waals surface area contributed by atoms with E-state index in [1.807, 2.05) is 24.3 Å². The zero-order valence-electron chi connectivity index (χ0n) is 11.3. The minimum absolute atomic E-state index is 0.119. The Labute approximate surface area is 109 Å². The van der Waals surface area contributed by atoms with Gasteiger partial charge in [-0.1, -0.05) is 25.1 Å². The first-order valence-corrected chi connectivity index (χ1v) is 6.36. The van der Waals surface area contributed by atoms with Crippen molar-refractivity contribution in [3.63, 3.8) is 0 Å². The van der Waals surface area contributed by atoms with Crippen LogP contribution in [-0.2, 0) is 11.3 Å². The van der Waals surface area contributed by atoms with E-state index in [-0.39, 0.29) is 5.91 Å². The van der Waals surface area contributed by atoms with E-state index in [2.05, 4.69) is 17.6 Å². The molecule has 0 aromatic heterocycles. The second-order valence-electron chi connectivity index (χ2n) is 4.16. The molecule has 1 unspecified atom stereocenters. The van der Waals surface area contributed by atoms with Gasteiger partial charge in [-0.3, -0.25) is 4.79 Å². The average molecular weight is 250 g/mol. The van der Waals surface area contributed by atoms with Crippen molar-refractivity contribution >= 4 is 5.91 Å². The number of hydrogen-bond acceptors (Lipinski definition) is 3. The van der Waals surface area contributed by atoms with Gasteiger partial charge in [0.1, 0.15) is 5.75 Å². The van der Waals surface area contributed by atoms with E-state index in [0.717, 1.165) is 30.8 Å².